The monoisotopic (exact) mass is 373 g/mol. The molecule has 0 spiro atoms. The van der Waals surface area contributed by atoms with Gasteiger partial charge in [0.15, 0.2) is 0 Å². The Labute approximate surface area is 149 Å². The van der Waals surface area contributed by atoms with Crippen molar-refractivity contribution >= 4 is 49.7 Å². The van der Waals surface area contributed by atoms with Gasteiger partial charge in [-0.3, -0.25) is 14.9 Å². The molecular formula is C16H8ClN3O4S. The Morgan fingerprint density at radius 3 is 2.72 bits per heavy atom. The third-order valence-corrected chi connectivity index (χ3v) is 5.35. The number of hydrogen-bond acceptors (Lipinski definition) is 7. The third-order valence-electron chi connectivity index (χ3n) is 3.78. The van der Waals surface area contributed by atoms with Crippen molar-refractivity contribution in [3.8, 4) is 16.5 Å². The van der Waals surface area contributed by atoms with E-state index in [0.29, 0.717) is 32.2 Å². The second-order valence-corrected chi connectivity index (χ2v) is 6.58. The molecule has 0 saturated carbocycles. The molecule has 0 fully saturated rings. The van der Waals surface area contributed by atoms with E-state index in [-0.39, 0.29) is 16.1 Å². The molecule has 25 heavy (non-hydrogen) atoms. The zero-order chi connectivity index (χ0) is 17.7. The van der Waals surface area contributed by atoms with Gasteiger partial charge in [0.2, 0.25) is 11.3 Å². The van der Waals surface area contributed by atoms with E-state index in [1.807, 2.05) is 0 Å². The van der Waals surface area contributed by atoms with Crippen molar-refractivity contribution in [3.05, 3.63) is 55.7 Å². The molecule has 0 unspecified atom stereocenters. The predicted molar refractivity (Wildman–Crippen MR) is 96.0 cm³/mol. The maximum atomic E-state index is 12.6. The Balaban J connectivity index is 2.16. The van der Waals surface area contributed by atoms with E-state index in [1.54, 1.807) is 12.1 Å². The zero-order valence-corrected chi connectivity index (χ0v) is 14.2. The second-order valence-electron chi connectivity index (χ2n) is 5.20. The first-order chi connectivity index (χ1) is 12.0. The fraction of sp³-hybridized carbons (Fsp3) is 0.0625. The van der Waals surface area contributed by atoms with Gasteiger partial charge in [-0.2, -0.15) is 0 Å². The van der Waals surface area contributed by atoms with Crippen LogP contribution in [0.15, 0.2) is 35.1 Å². The van der Waals surface area contributed by atoms with Gasteiger partial charge in [-0.1, -0.05) is 11.6 Å². The molecule has 0 bridgehead atoms. The van der Waals surface area contributed by atoms with Gasteiger partial charge in [0, 0.05) is 29.0 Å². The number of aromatic nitrogens is 2. The molecule has 9 heteroatoms. The highest BCUT2D eigenvalue weighted by molar-refractivity contribution is 7.21. The summed E-state index contributed by atoms with van der Waals surface area (Å²) in [4.78, 5) is 32.9. The Morgan fingerprint density at radius 1 is 1.20 bits per heavy atom. The second kappa shape index (κ2) is 5.61. The summed E-state index contributed by atoms with van der Waals surface area (Å²) in [5.41, 5.74) is 0.496. The summed E-state index contributed by atoms with van der Waals surface area (Å²) in [6.45, 7) is 0. The van der Waals surface area contributed by atoms with E-state index in [9.17, 15) is 14.9 Å². The number of benzene rings is 2. The largest absolute Gasteiger partial charge is 0.481 e. The van der Waals surface area contributed by atoms with E-state index in [2.05, 4.69) is 9.97 Å². The Kier molecular flexibility index (Phi) is 3.52. The molecular weight excluding hydrogens is 366 g/mol. The molecule has 0 radical (unpaired) electrons. The highest BCUT2D eigenvalue weighted by atomic mass is 35.5. The minimum absolute atomic E-state index is 0.0213. The number of nitrogens with zero attached hydrogens (tertiary/aromatic N) is 3. The number of nitro benzene ring substituents is 1. The van der Waals surface area contributed by atoms with E-state index < -0.39 is 10.4 Å². The Morgan fingerprint density at radius 2 is 2.00 bits per heavy atom. The van der Waals surface area contributed by atoms with Gasteiger partial charge in [0.05, 0.1) is 22.6 Å². The molecule has 0 saturated heterocycles. The first kappa shape index (κ1) is 15.7. The van der Waals surface area contributed by atoms with E-state index in [0.717, 1.165) is 0 Å². The van der Waals surface area contributed by atoms with E-state index >= 15 is 0 Å². The summed E-state index contributed by atoms with van der Waals surface area (Å²) in [6, 6.07) is 7.54. The molecule has 0 N–H and O–H groups in total. The molecule has 0 amide bonds. The molecule has 1 aromatic carbocycles. The van der Waals surface area contributed by atoms with Crippen LogP contribution in [-0.4, -0.2) is 22.0 Å². The van der Waals surface area contributed by atoms with Crippen LogP contribution < -0.4 is 10.2 Å². The topological polar surface area (TPSA) is 95.2 Å². The molecule has 2 heterocycles. The average Bonchev–Trinajstić information content (AvgIpc) is 2.63. The first-order valence-corrected chi connectivity index (χ1v) is 8.24. The van der Waals surface area contributed by atoms with Crippen LogP contribution in [0.5, 0.6) is 5.88 Å². The normalized spacial score (nSPS) is 11.3. The maximum Gasteiger partial charge on any atom is 0.270 e. The number of hydrogen-bond donors (Lipinski definition) is 0. The SMILES string of the molecule is COc1ccc2nc3c4ccc([N+](=O)[O-])cc4c(=O)c(Cl)c-3sc2n1. The van der Waals surface area contributed by atoms with Gasteiger partial charge >= 0.3 is 0 Å². The van der Waals surface area contributed by atoms with Gasteiger partial charge in [-0.15, -0.1) is 11.3 Å². The van der Waals surface area contributed by atoms with Gasteiger partial charge in [0.1, 0.15) is 15.4 Å². The van der Waals surface area contributed by atoms with Crippen LogP contribution in [0, 0.1) is 10.1 Å². The number of ether oxygens (including phenoxy) is 1. The van der Waals surface area contributed by atoms with Gasteiger partial charge in [0.25, 0.3) is 5.69 Å². The summed E-state index contributed by atoms with van der Waals surface area (Å²) in [5, 5.41) is 11.6. The quantitative estimate of drug-likeness (QED) is 0.229. The highest BCUT2D eigenvalue weighted by Gasteiger charge is 2.21. The average molecular weight is 374 g/mol. The standard InChI is InChI=1S/C16H8ClN3O4S/c1-24-11-5-4-10-16(19-11)25-15-12(17)14(21)9-6-7(20(22)23)2-3-8(9)13(15)18-10/h2-6H,1H3. The lowest BCUT2D eigenvalue weighted by molar-refractivity contribution is -0.384. The van der Waals surface area contributed by atoms with Crippen molar-refractivity contribution in [2.24, 2.45) is 0 Å². The molecule has 2 aliphatic rings. The van der Waals surface area contributed by atoms with Gasteiger partial charge < -0.3 is 4.74 Å². The lowest BCUT2D eigenvalue weighted by Gasteiger charge is -2.11. The molecule has 1 aliphatic heterocycles. The van der Waals surface area contributed by atoms with Crippen LogP contribution in [0.2, 0.25) is 5.02 Å². The van der Waals surface area contributed by atoms with Crippen LogP contribution in [0.25, 0.3) is 31.7 Å². The number of non-ortho nitro benzene ring substituents is 1. The molecule has 1 aliphatic carbocycles. The molecule has 4 rings (SSSR count). The molecule has 7 nitrogen and oxygen atoms in total. The molecule has 124 valence electrons. The molecule has 1 aromatic heterocycles. The minimum atomic E-state index is -0.552. The summed E-state index contributed by atoms with van der Waals surface area (Å²) in [5.74, 6) is 0.430. The summed E-state index contributed by atoms with van der Waals surface area (Å²) in [6.07, 6.45) is 0. The number of nitro groups is 1. The van der Waals surface area contributed by atoms with Crippen molar-refractivity contribution in [1.82, 2.24) is 9.97 Å². The number of halogens is 1. The van der Waals surface area contributed by atoms with Crippen LogP contribution in [0.1, 0.15) is 0 Å². The molecule has 2 aromatic rings. The van der Waals surface area contributed by atoms with Crippen molar-refractivity contribution in [2.45, 2.75) is 0 Å². The van der Waals surface area contributed by atoms with E-state index in [4.69, 9.17) is 16.3 Å². The zero-order valence-electron chi connectivity index (χ0n) is 12.6. The van der Waals surface area contributed by atoms with Crippen LogP contribution >= 0.6 is 22.9 Å². The Bertz CT molecular complexity index is 1210. The maximum absolute atomic E-state index is 12.6. The number of pyridine rings is 1. The minimum Gasteiger partial charge on any atom is -0.481 e. The first-order valence-electron chi connectivity index (χ1n) is 7.05. The Hall–Kier alpha value is -2.84. The lowest BCUT2D eigenvalue weighted by Crippen LogP contribution is -2.07. The summed E-state index contributed by atoms with van der Waals surface area (Å²) < 4.78 is 5.10. The van der Waals surface area contributed by atoms with Crippen molar-refractivity contribution < 1.29 is 9.66 Å². The smallest absolute Gasteiger partial charge is 0.270 e. The van der Waals surface area contributed by atoms with E-state index in [1.165, 1.54) is 36.6 Å². The van der Waals surface area contributed by atoms with Gasteiger partial charge in [-0.25, -0.2) is 9.97 Å². The number of methoxy groups -OCH3 is 1. The predicted octanol–water partition coefficient (Wildman–Crippen LogP) is 3.88. The summed E-state index contributed by atoms with van der Waals surface area (Å²) >= 11 is 7.47. The summed E-state index contributed by atoms with van der Waals surface area (Å²) in [7, 11) is 1.51. The fourth-order valence-corrected chi connectivity index (χ4v) is 3.89. The highest BCUT2D eigenvalue weighted by Crippen LogP contribution is 2.39. The lowest BCUT2D eigenvalue weighted by atomic mass is 10.0. The van der Waals surface area contributed by atoms with Gasteiger partial charge in [-0.05, 0) is 12.1 Å². The third kappa shape index (κ3) is 2.38. The van der Waals surface area contributed by atoms with Crippen molar-refractivity contribution in [2.75, 3.05) is 7.11 Å². The molecule has 0 atom stereocenters. The van der Waals surface area contributed by atoms with Crippen molar-refractivity contribution in [1.29, 1.82) is 0 Å². The number of rotatable bonds is 2. The van der Waals surface area contributed by atoms with Crippen molar-refractivity contribution in [3.63, 3.8) is 0 Å². The van der Waals surface area contributed by atoms with Crippen LogP contribution in [0.4, 0.5) is 5.69 Å². The number of fused-ring (bicyclic) bond motifs is 4. The van der Waals surface area contributed by atoms with Crippen LogP contribution in [0.3, 0.4) is 0 Å². The van der Waals surface area contributed by atoms with Crippen LogP contribution in [-0.2, 0) is 0 Å². The fourth-order valence-electron chi connectivity index (χ4n) is 2.60.